The minimum Gasteiger partial charge on any atom is -0.497 e. The van der Waals surface area contributed by atoms with Gasteiger partial charge in [0.15, 0.2) is 0 Å². The number of carbonyl (C=O) groups is 1. The van der Waals surface area contributed by atoms with Gasteiger partial charge in [0, 0.05) is 12.1 Å². The van der Waals surface area contributed by atoms with Crippen LogP contribution in [0.4, 0.5) is 5.69 Å². The fraction of sp³-hybridized carbons (Fsp3) is 0.278. The summed E-state index contributed by atoms with van der Waals surface area (Å²) in [5, 5.41) is 2.74. The molecular formula is C18H22N2O4S. The molecule has 0 aromatic heterocycles. The third-order valence-electron chi connectivity index (χ3n) is 3.83. The van der Waals surface area contributed by atoms with Gasteiger partial charge in [-0.2, -0.15) is 0 Å². The lowest BCUT2D eigenvalue weighted by Crippen LogP contribution is -2.20. The van der Waals surface area contributed by atoms with Crippen molar-refractivity contribution < 1.29 is 17.9 Å². The van der Waals surface area contributed by atoms with Crippen molar-refractivity contribution in [3.63, 3.8) is 0 Å². The van der Waals surface area contributed by atoms with Gasteiger partial charge in [-0.15, -0.1) is 0 Å². The lowest BCUT2D eigenvalue weighted by molar-refractivity contribution is -0.116. The van der Waals surface area contributed by atoms with Crippen molar-refractivity contribution in [3.05, 3.63) is 53.6 Å². The summed E-state index contributed by atoms with van der Waals surface area (Å²) in [5.74, 6) is 0.596. The van der Waals surface area contributed by atoms with Crippen LogP contribution in [0, 0.1) is 6.92 Å². The molecule has 7 heteroatoms. The SMILES string of the molecule is CNS(=O)(=O)c1cc(NC(=O)CCc2ccc(OC)cc2)ccc1C. The molecule has 0 aliphatic rings. The summed E-state index contributed by atoms with van der Waals surface area (Å²) < 4.78 is 31.4. The average Bonchev–Trinajstić information content (AvgIpc) is 2.62. The Balaban J connectivity index is 2.01. The Morgan fingerprint density at radius 2 is 1.80 bits per heavy atom. The van der Waals surface area contributed by atoms with E-state index >= 15 is 0 Å². The van der Waals surface area contributed by atoms with Crippen molar-refractivity contribution in [2.75, 3.05) is 19.5 Å². The van der Waals surface area contributed by atoms with Crippen molar-refractivity contribution in [2.24, 2.45) is 0 Å². The van der Waals surface area contributed by atoms with Crippen LogP contribution in [0.5, 0.6) is 5.75 Å². The smallest absolute Gasteiger partial charge is 0.240 e. The van der Waals surface area contributed by atoms with E-state index in [1.807, 2.05) is 24.3 Å². The van der Waals surface area contributed by atoms with Gasteiger partial charge in [0.2, 0.25) is 15.9 Å². The van der Waals surface area contributed by atoms with Crippen LogP contribution in [0.2, 0.25) is 0 Å². The summed E-state index contributed by atoms with van der Waals surface area (Å²) in [7, 11) is -0.602. The van der Waals surface area contributed by atoms with E-state index in [9.17, 15) is 13.2 Å². The van der Waals surface area contributed by atoms with Crippen LogP contribution in [0.25, 0.3) is 0 Å². The Labute approximate surface area is 148 Å². The fourth-order valence-electron chi connectivity index (χ4n) is 2.35. The summed E-state index contributed by atoms with van der Waals surface area (Å²) >= 11 is 0. The third kappa shape index (κ3) is 5.04. The fourth-order valence-corrected chi connectivity index (χ4v) is 3.34. The first-order chi connectivity index (χ1) is 11.9. The molecule has 0 saturated heterocycles. The molecule has 0 aliphatic heterocycles. The van der Waals surface area contributed by atoms with Crippen molar-refractivity contribution >= 4 is 21.6 Å². The molecule has 0 aliphatic carbocycles. The van der Waals surface area contributed by atoms with Gasteiger partial charge < -0.3 is 10.1 Å². The highest BCUT2D eigenvalue weighted by Crippen LogP contribution is 2.20. The maximum Gasteiger partial charge on any atom is 0.240 e. The Morgan fingerprint density at radius 3 is 2.40 bits per heavy atom. The van der Waals surface area contributed by atoms with Crippen molar-refractivity contribution in [2.45, 2.75) is 24.7 Å². The predicted octanol–water partition coefficient (Wildman–Crippen LogP) is 2.48. The Kier molecular flexibility index (Phi) is 6.17. The summed E-state index contributed by atoms with van der Waals surface area (Å²) in [6, 6.07) is 12.3. The van der Waals surface area contributed by atoms with Gasteiger partial charge in [0.05, 0.1) is 12.0 Å². The van der Waals surface area contributed by atoms with E-state index in [4.69, 9.17) is 4.74 Å². The maximum atomic E-state index is 12.1. The molecule has 2 N–H and O–H groups in total. The number of ether oxygens (including phenoxy) is 1. The van der Waals surface area contributed by atoms with Gasteiger partial charge in [-0.1, -0.05) is 18.2 Å². The molecule has 0 heterocycles. The lowest BCUT2D eigenvalue weighted by atomic mass is 10.1. The first kappa shape index (κ1) is 19.0. The second-order valence-electron chi connectivity index (χ2n) is 5.58. The predicted molar refractivity (Wildman–Crippen MR) is 97.4 cm³/mol. The number of rotatable bonds is 7. The van der Waals surface area contributed by atoms with Gasteiger partial charge in [-0.25, -0.2) is 13.1 Å². The second kappa shape index (κ2) is 8.13. The number of sulfonamides is 1. The molecule has 2 aromatic carbocycles. The van der Waals surface area contributed by atoms with Crippen LogP contribution < -0.4 is 14.8 Å². The van der Waals surface area contributed by atoms with Gasteiger partial charge in [-0.05, 0) is 55.8 Å². The minimum atomic E-state index is -3.56. The molecule has 0 radical (unpaired) electrons. The zero-order valence-electron chi connectivity index (χ0n) is 14.5. The monoisotopic (exact) mass is 362 g/mol. The largest absolute Gasteiger partial charge is 0.497 e. The van der Waals surface area contributed by atoms with E-state index in [2.05, 4.69) is 10.0 Å². The third-order valence-corrected chi connectivity index (χ3v) is 5.39. The first-order valence-electron chi connectivity index (χ1n) is 7.82. The molecular weight excluding hydrogens is 340 g/mol. The number of nitrogens with one attached hydrogen (secondary N) is 2. The van der Waals surface area contributed by atoms with Gasteiger partial charge in [-0.3, -0.25) is 4.79 Å². The Morgan fingerprint density at radius 1 is 1.12 bits per heavy atom. The van der Waals surface area contributed by atoms with Crippen LogP contribution >= 0.6 is 0 Å². The van der Waals surface area contributed by atoms with Crippen LogP contribution in [0.15, 0.2) is 47.4 Å². The number of methoxy groups -OCH3 is 1. The normalized spacial score (nSPS) is 11.2. The number of amides is 1. The van der Waals surface area contributed by atoms with E-state index < -0.39 is 10.0 Å². The Hall–Kier alpha value is -2.38. The highest BCUT2D eigenvalue weighted by molar-refractivity contribution is 7.89. The summed E-state index contributed by atoms with van der Waals surface area (Å²) in [5.41, 5.74) is 2.10. The zero-order valence-corrected chi connectivity index (χ0v) is 15.3. The number of carbonyl (C=O) groups excluding carboxylic acids is 1. The highest BCUT2D eigenvalue weighted by Gasteiger charge is 2.15. The van der Waals surface area contributed by atoms with E-state index in [1.54, 1.807) is 26.2 Å². The van der Waals surface area contributed by atoms with Crippen LogP contribution in [0.3, 0.4) is 0 Å². The van der Waals surface area contributed by atoms with Gasteiger partial charge >= 0.3 is 0 Å². The van der Waals surface area contributed by atoms with Crippen LogP contribution in [-0.2, 0) is 21.2 Å². The van der Waals surface area contributed by atoms with Gasteiger partial charge in [0.1, 0.15) is 5.75 Å². The van der Waals surface area contributed by atoms with E-state index in [-0.39, 0.29) is 10.8 Å². The van der Waals surface area contributed by atoms with E-state index in [0.717, 1.165) is 11.3 Å². The molecule has 0 saturated carbocycles. The van der Waals surface area contributed by atoms with Crippen molar-refractivity contribution in [3.8, 4) is 5.75 Å². The summed E-state index contributed by atoms with van der Waals surface area (Å²) in [6.45, 7) is 1.71. The average molecular weight is 362 g/mol. The second-order valence-corrected chi connectivity index (χ2v) is 7.44. The first-order valence-corrected chi connectivity index (χ1v) is 9.31. The van der Waals surface area contributed by atoms with E-state index in [1.165, 1.54) is 13.1 Å². The lowest BCUT2D eigenvalue weighted by Gasteiger charge is -2.10. The molecule has 2 rings (SSSR count). The molecule has 1 amide bonds. The number of anilines is 1. The van der Waals surface area contributed by atoms with Crippen molar-refractivity contribution in [1.82, 2.24) is 4.72 Å². The molecule has 134 valence electrons. The number of hydrogen-bond acceptors (Lipinski definition) is 4. The molecule has 0 bridgehead atoms. The van der Waals surface area contributed by atoms with Crippen LogP contribution in [-0.4, -0.2) is 28.5 Å². The zero-order chi connectivity index (χ0) is 18.4. The number of aryl methyl sites for hydroxylation is 2. The van der Waals surface area contributed by atoms with E-state index in [0.29, 0.717) is 24.1 Å². The summed E-state index contributed by atoms with van der Waals surface area (Å²) in [6.07, 6.45) is 0.887. The molecule has 0 spiro atoms. The molecule has 6 nitrogen and oxygen atoms in total. The van der Waals surface area contributed by atoms with Gasteiger partial charge in [0.25, 0.3) is 0 Å². The quantitative estimate of drug-likeness (QED) is 0.792. The molecule has 25 heavy (non-hydrogen) atoms. The molecule has 0 fully saturated rings. The van der Waals surface area contributed by atoms with Crippen LogP contribution in [0.1, 0.15) is 17.5 Å². The summed E-state index contributed by atoms with van der Waals surface area (Å²) in [4.78, 5) is 12.3. The minimum absolute atomic E-state index is 0.156. The molecule has 2 aromatic rings. The number of hydrogen-bond donors (Lipinski definition) is 2. The maximum absolute atomic E-state index is 12.1. The number of benzene rings is 2. The standard InChI is InChI=1S/C18H22N2O4S/c1-13-4-8-15(12-17(13)25(22,23)19-2)20-18(21)11-7-14-5-9-16(24-3)10-6-14/h4-6,8-10,12,19H,7,11H2,1-3H3,(H,20,21). The molecule has 0 atom stereocenters. The highest BCUT2D eigenvalue weighted by atomic mass is 32.2. The van der Waals surface area contributed by atoms with Crippen molar-refractivity contribution in [1.29, 1.82) is 0 Å². The Bertz CT molecular complexity index is 846. The molecule has 0 unspecified atom stereocenters. The topological polar surface area (TPSA) is 84.5 Å².